The summed E-state index contributed by atoms with van der Waals surface area (Å²) in [6.07, 6.45) is 0.817. The number of halogens is 1. The first-order valence-corrected chi connectivity index (χ1v) is 7.50. The SMILES string of the molecule is CC(N)Cc1cc(Cl)ccc1N(C)Cc1cscn1. The third-order valence-corrected chi connectivity index (χ3v) is 3.75. The minimum atomic E-state index is 0.116. The van der Waals surface area contributed by atoms with Crippen LogP contribution in [-0.2, 0) is 13.0 Å². The molecule has 2 N–H and O–H groups in total. The summed E-state index contributed by atoms with van der Waals surface area (Å²) in [5.41, 5.74) is 11.2. The third kappa shape index (κ3) is 3.93. The number of thiazole rings is 1. The molecule has 102 valence electrons. The van der Waals surface area contributed by atoms with E-state index in [9.17, 15) is 0 Å². The van der Waals surface area contributed by atoms with Crippen molar-refractivity contribution in [1.29, 1.82) is 0 Å². The molecule has 0 aliphatic heterocycles. The second kappa shape index (κ2) is 6.37. The summed E-state index contributed by atoms with van der Waals surface area (Å²) < 4.78 is 0. The van der Waals surface area contributed by atoms with Gasteiger partial charge in [0.25, 0.3) is 0 Å². The quantitative estimate of drug-likeness (QED) is 0.920. The Morgan fingerprint density at radius 3 is 2.89 bits per heavy atom. The minimum Gasteiger partial charge on any atom is -0.368 e. The Morgan fingerprint density at radius 2 is 2.26 bits per heavy atom. The van der Waals surface area contributed by atoms with Crippen LogP contribution >= 0.6 is 22.9 Å². The Morgan fingerprint density at radius 1 is 1.47 bits per heavy atom. The molecule has 2 rings (SSSR count). The van der Waals surface area contributed by atoms with Crippen LogP contribution in [0.15, 0.2) is 29.1 Å². The van der Waals surface area contributed by atoms with Crippen molar-refractivity contribution in [2.45, 2.75) is 25.9 Å². The number of rotatable bonds is 5. The molecule has 0 spiro atoms. The lowest BCUT2D eigenvalue weighted by Gasteiger charge is -2.22. The third-order valence-electron chi connectivity index (χ3n) is 2.88. The molecule has 1 atom stereocenters. The standard InChI is InChI=1S/C14H18ClN3S/c1-10(16)5-11-6-12(15)3-4-14(11)18(2)7-13-8-19-9-17-13/h3-4,6,8-10H,5,7,16H2,1-2H3. The molecule has 0 saturated heterocycles. The summed E-state index contributed by atoms with van der Waals surface area (Å²) in [6.45, 7) is 2.79. The summed E-state index contributed by atoms with van der Waals surface area (Å²) in [4.78, 5) is 6.50. The highest BCUT2D eigenvalue weighted by molar-refractivity contribution is 7.07. The molecule has 1 heterocycles. The van der Waals surface area contributed by atoms with Crippen LogP contribution in [0, 0.1) is 0 Å². The molecule has 5 heteroatoms. The van der Waals surface area contributed by atoms with Gasteiger partial charge in [-0.1, -0.05) is 11.6 Å². The van der Waals surface area contributed by atoms with Gasteiger partial charge in [0.1, 0.15) is 0 Å². The van der Waals surface area contributed by atoms with Gasteiger partial charge in [0.2, 0.25) is 0 Å². The van der Waals surface area contributed by atoms with E-state index in [1.165, 1.54) is 5.56 Å². The molecule has 0 radical (unpaired) electrons. The Kier molecular flexibility index (Phi) is 4.80. The highest BCUT2D eigenvalue weighted by Crippen LogP contribution is 2.25. The maximum absolute atomic E-state index is 6.08. The van der Waals surface area contributed by atoms with Crippen molar-refractivity contribution in [1.82, 2.24) is 4.98 Å². The van der Waals surface area contributed by atoms with Crippen LogP contribution in [0.3, 0.4) is 0 Å². The molecule has 0 aliphatic carbocycles. The number of nitrogens with zero attached hydrogens (tertiary/aromatic N) is 2. The molecule has 0 aliphatic rings. The molecule has 1 aromatic heterocycles. The van der Waals surface area contributed by atoms with E-state index in [0.29, 0.717) is 0 Å². The largest absolute Gasteiger partial charge is 0.368 e. The highest BCUT2D eigenvalue weighted by Gasteiger charge is 2.11. The topological polar surface area (TPSA) is 42.1 Å². The smallest absolute Gasteiger partial charge is 0.0795 e. The van der Waals surface area contributed by atoms with Gasteiger partial charge in [0.05, 0.1) is 17.7 Å². The van der Waals surface area contributed by atoms with Crippen LogP contribution in [0.2, 0.25) is 5.02 Å². The molecule has 0 amide bonds. The van der Waals surface area contributed by atoms with Crippen molar-refractivity contribution in [2.24, 2.45) is 5.73 Å². The van der Waals surface area contributed by atoms with Gasteiger partial charge in [-0.05, 0) is 37.1 Å². The second-order valence-corrected chi connectivity index (χ2v) is 5.95. The van der Waals surface area contributed by atoms with E-state index < -0.39 is 0 Å². The molecule has 1 aromatic carbocycles. The van der Waals surface area contributed by atoms with Crippen molar-refractivity contribution >= 4 is 28.6 Å². The van der Waals surface area contributed by atoms with E-state index in [4.69, 9.17) is 17.3 Å². The number of hydrogen-bond acceptors (Lipinski definition) is 4. The first kappa shape index (κ1) is 14.3. The normalized spacial score (nSPS) is 12.4. The molecule has 0 fully saturated rings. The Balaban J connectivity index is 2.22. The predicted molar refractivity (Wildman–Crippen MR) is 83.0 cm³/mol. The van der Waals surface area contributed by atoms with E-state index in [1.807, 2.05) is 30.6 Å². The Labute approximate surface area is 123 Å². The first-order chi connectivity index (χ1) is 9.06. The maximum Gasteiger partial charge on any atom is 0.0795 e. The van der Waals surface area contributed by atoms with Gasteiger partial charge in [-0.25, -0.2) is 4.98 Å². The average molecular weight is 296 g/mol. The van der Waals surface area contributed by atoms with E-state index in [2.05, 4.69) is 22.3 Å². The number of benzene rings is 1. The average Bonchev–Trinajstić information content (AvgIpc) is 2.80. The van der Waals surface area contributed by atoms with Gasteiger partial charge in [-0.3, -0.25) is 0 Å². The monoisotopic (exact) mass is 295 g/mol. The van der Waals surface area contributed by atoms with E-state index in [-0.39, 0.29) is 6.04 Å². The molecular formula is C14H18ClN3S. The van der Waals surface area contributed by atoms with Crippen LogP contribution in [0.25, 0.3) is 0 Å². The lowest BCUT2D eigenvalue weighted by molar-refractivity contribution is 0.733. The fraction of sp³-hybridized carbons (Fsp3) is 0.357. The van der Waals surface area contributed by atoms with E-state index >= 15 is 0 Å². The molecule has 0 bridgehead atoms. The number of aromatic nitrogens is 1. The van der Waals surface area contributed by atoms with Crippen LogP contribution in [0.1, 0.15) is 18.2 Å². The zero-order chi connectivity index (χ0) is 13.8. The number of hydrogen-bond donors (Lipinski definition) is 1. The van der Waals surface area contributed by atoms with Gasteiger partial charge < -0.3 is 10.6 Å². The summed E-state index contributed by atoms with van der Waals surface area (Å²) in [6, 6.07) is 6.08. The molecule has 3 nitrogen and oxygen atoms in total. The number of nitrogens with two attached hydrogens (primary N) is 1. The second-order valence-electron chi connectivity index (χ2n) is 4.79. The summed E-state index contributed by atoms with van der Waals surface area (Å²) >= 11 is 7.69. The Bertz CT molecular complexity index is 525. The molecule has 0 saturated carbocycles. The number of anilines is 1. The van der Waals surface area contributed by atoms with Crippen molar-refractivity contribution in [3.8, 4) is 0 Å². The van der Waals surface area contributed by atoms with Crippen molar-refractivity contribution in [3.63, 3.8) is 0 Å². The van der Waals surface area contributed by atoms with E-state index in [0.717, 1.165) is 29.4 Å². The summed E-state index contributed by atoms with van der Waals surface area (Å²) in [5.74, 6) is 0. The minimum absolute atomic E-state index is 0.116. The lowest BCUT2D eigenvalue weighted by Crippen LogP contribution is -2.22. The maximum atomic E-state index is 6.08. The van der Waals surface area contributed by atoms with Crippen LogP contribution in [0.4, 0.5) is 5.69 Å². The van der Waals surface area contributed by atoms with Gasteiger partial charge >= 0.3 is 0 Å². The van der Waals surface area contributed by atoms with Crippen molar-refractivity contribution in [2.75, 3.05) is 11.9 Å². The van der Waals surface area contributed by atoms with Gasteiger partial charge in [0, 0.05) is 29.2 Å². The zero-order valence-corrected chi connectivity index (χ0v) is 12.7. The predicted octanol–water partition coefficient (Wildman–Crippen LogP) is 3.32. The van der Waals surface area contributed by atoms with Gasteiger partial charge in [-0.15, -0.1) is 11.3 Å². The van der Waals surface area contributed by atoms with Crippen LogP contribution in [-0.4, -0.2) is 18.1 Å². The summed E-state index contributed by atoms with van der Waals surface area (Å²) in [7, 11) is 2.06. The Hall–Kier alpha value is -1.10. The first-order valence-electron chi connectivity index (χ1n) is 6.18. The molecule has 1 unspecified atom stereocenters. The fourth-order valence-electron chi connectivity index (χ4n) is 2.08. The van der Waals surface area contributed by atoms with Crippen LogP contribution in [0.5, 0.6) is 0 Å². The lowest BCUT2D eigenvalue weighted by atomic mass is 10.0. The van der Waals surface area contributed by atoms with Crippen molar-refractivity contribution < 1.29 is 0 Å². The van der Waals surface area contributed by atoms with Crippen molar-refractivity contribution in [3.05, 3.63) is 45.4 Å². The van der Waals surface area contributed by atoms with Crippen LogP contribution < -0.4 is 10.6 Å². The zero-order valence-electron chi connectivity index (χ0n) is 11.1. The molecule has 2 aromatic rings. The van der Waals surface area contributed by atoms with Gasteiger partial charge in [0.15, 0.2) is 0 Å². The highest BCUT2D eigenvalue weighted by atomic mass is 35.5. The molecular weight excluding hydrogens is 278 g/mol. The summed E-state index contributed by atoms with van der Waals surface area (Å²) in [5, 5.41) is 2.82. The fourth-order valence-corrected chi connectivity index (χ4v) is 2.82. The van der Waals surface area contributed by atoms with Gasteiger partial charge in [-0.2, -0.15) is 0 Å². The van der Waals surface area contributed by atoms with E-state index in [1.54, 1.807) is 11.3 Å². The molecule has 19 heavy (non-hydrogen) atoms.